The fraction of sp³-hybridized carbons (Fsp3) is 0.636. The van der Waals surface area contributed by atoms with Crippen LogP contribution in [0.5, 0.6) is 11.5 Å². The molecule has 0 radical (unpaired) electrons. The number of ether oxygens (including phenoxy) is 3. The molecule has 0 aliphatic carbocycles. The van der Waals surface area contributed by atoms with Crippen LogP contribution in [0.1, 0.15) is 50.6 Å². The number of piperidine rings is 1. The number of hydrogen-bond acceptors (Lipinski definition) is 6. The molecule has 160 valence electrons. The Kier molecular flexibility index (Phi) is 7.36. The van der Waals surface area contributed by atoms with Gasteiger partial charge in [0, 0.05) is 12.6 Å². The van der Waals surface area contributed by atoms with Crippen LogP contribution in [0.2, 0.25) is 0 Å². The van der Waals surface area contributed by atoms with Crippen molar-refractivity contribution in [1.29, 1.82) is 0 Å². The zero-order chi connectivity index (χ0) is 20.8. The minimum atomic E-state index is -0.446. The molecule has 2 aliphatic heterocycles. The number of nitrogens with zero attached hydrogens (tertiary/aromatic N) is 2. The average Bonchev–Trinajstić information content (AvgIpc) is 3.21. The maximum absolute atomic E-state index is 13.1. The average molecular weight is 405 g/mol. The van der Waals surface area contributed by atoms with Crippen LogP contribution >= 0.6 is 0 Å². The molecule has 2 heterocycles. The number of methoxy groups -OCH3 is 2. The smallest absolute Gasteiger partial charge is 0.328 e. The van der Waals surface area contributed by atoms with Crippen LogP contribution in [0.25, 0.3) is 0 Å². The minimum Gasteiger partial charge on any atom is -0.493 e. The summed E-state index contributed by atoms with van der Waals surface area (Å²) in [5, 5.41) is 0. The topological polar surface area (TPSA) is 68.3 Å². The Morgan fingerprint density at radius 1 is 1.03 bits per heavy atom. The van der Waals surface area contributed by atoms with Gasteiger partial charge in [-0.2, -0.15) is 0 Å². The molecule has 2 fully saturated rings. The first kappa shape index (κ1) is 21.4. The van der Waals surface area contributed by atoms with Gasteiger partial charge in [-0.1, -0.05) is 6.07 Å². The van der Waals surface area contributed by atoms with E-state index in [4.69, 9.17) is 14.2 Å². The van der Waals surface area contributed by atoms with E-state index in [1.165, 1.54) is 0 Å². The molecule has 2 saturated heterocycles. The standard InChI is InChI=1S/C22H32N2O5/c1-4-29-22(26)18-8-5-6-13-24(18)21(25)15-23-12-7-9-17(23)16-10-11-19(27-2)20(14-16)28-3/h10-11,14,17-18H,4-9,12-13,15H2,1-3H3/t17-,18+/m1/s1. The Morgan fingerprint density at radius 3 is 2.55 bits per heavy atom. The number of carbonyl (C=O) groups excluding carboxylic acids is 2. The van der Waals surface area contributed by atoms with Gasteiger partial charge in [0.05, 0.1) is 27.4 Å². The monoisotopic (exact) mass is 404 g/mol. The number of carbonyl (C=O) groups is 2. The van der Waals surface area contributed by atoms with E-state index in [9.17, 15) is 9.59 Å². The predicted octanol–water partition coefficient (Wildman–Crippen LogP) is 2.78. The lowest BCUT2D eigenvalue weighted by Gasteiger charge is -2.36. The Balaban J connectivity index is 1.71. The van der Waals surface area contributed by atoms with Gasteiger partial charge in [-0.3, -0.25) is 9.69 Å². The van der Waals surface area contributed by atoms with Crippen LogP contribution in [-0.2, 0) is 14.3 Å². The van der Waals surface area contributed by atoms with Crippen molar-refractivity contribution in [3.8, 4) is 11.5 Å². The molecule has 29 heavy (non-hydrogen) atoms. The van der Waals surface area contributed by atoms with Crippen molar-refractivity contribution < 1.29 is 23.8 Å². The second-order valence-electron chi connectivity index (χ2n) is 7.59. The fourth-order valence-electron chi connectivity index (χ4n) is 4.43. The van der Waals surface area contributed by atoms with E-state index in [0.717, 1.165) is 37.8 Å². The van der Waals surface area contributed by atoms with Gasteiger partial charge in [-0.25, -0.2) is 4.79 Å². The van der Waals surface area contributed by atoms with Gasteiger partial charge < -0.3 is 19.1 Å². The van der Waals surface area contributed by atoms with Crippen LogP contribution in [0, 0.1) is 0 Å². The maximum Gasteiger partial charge on any atom is 0.328 e. The summed E-state index contributed by atoms with van der Waals surface area (Å²) in [6, 6.07) is 5.66. The van der Waals surface area contributed by atoms with E-state index in [0.29, 0.717) is 37.6 Å². The van der Waals surface area contributed by atoms with Crippen LogP contribution in [-0.4, -0.2) is 68.2 Å². The molecule has 7 nitrogen and oxygen atoms in total. The molecule has 3 rings (SSSR count). The summed E-state index contributed by atoms with van der Waals surface area (Å²) < 4.78 is 16.0. The zero-order valence-electron chi connectivity index (χ0n) is 17.7. The molecule has 1 aromatic rings. The van der Waals surface area contributed by atoms with Gasteiger partial charge in [0.25, 0.3) is 0 Å². The molecule has 0 aromatic heterocycles. The Hall–Kier alpha value is -2.28. The van der Waals surface area contributed by atoms with Crippen LogP contribution in [0.3, 0.4) is 0 Å². The molecule has 7 heteroatoms. The predicted molar refractivity (Wildman–Crippen MR) is 109 cm³/mol. The molecule has 0 saturated carbocycles. The van der Waals surface area contributed by atoms with E-state index >= 15 is 0 Å². The van der Waals surface area contributed by atoms with Crippen LogP contribution < -0.4 is 9.47 Å². The van der Waals surface area contributed by atoms with E-state index in [-0.39, 0.29) is 17.9 Å². The SMILES string of the molecule is CCOC(=O)[C@@H]1CCCCN1C(=O)CN1CCC[C@@H]1c1ccc(OC)c(OC)c1. The Labute approximate surface area is 172 Å². The highest BCUT2D eigenvalue weighted by Crippen LogP contribution is 2.37. The Morgan fingerprint density at radius 2 is 1.83 bits per heavy atom. The van der Waals surface area contributed by atoms with Crippen molar-refractivity contribution in [2.75, 3.05) is 40.5 Å². The van der Waals surface area contributed by atoms with Gasteiger partial charge >= 0.3 is 5.97 Å². The minimum absolute atomic E-state index is 0.00938. The molecule has 1 aromatic carbocycles. The van der Waals surface area contributed by atoms with Crippen LogP contribution in [0.4, 0.5) is 0 Å². The van der Waals surface area contributed by atoms with Crippen molar-refractivity contribution in [2.24, 2.45) is 0 Å². The third-order valence-electron chi connectivity index (χ3n) is 5.88. The summed E-state index contributed by atoms with van der Waals surface area (Å²) >= 11 is 0. The lowest BCUT2D eigenvalue weighted by atomic mass is 10.0. The summed E-state index contributed by atoms with van der Waals surface area (Å²) in [7, 11) is 3.25. The number of benzene rings is 1. The van der Waals surface area contributed by atoms with E-state index < -0.39 is 6.04 Å². The first-order valence-corrected chi connectivity index (χ1v) is 10.5. The molecule has 0 bridgehead atoms. The highest BCUT2D eigenvalue weighted by molar-refractivity contribution is 5.86. The molecule has 0 spiro atoms. The lowest BCUT2D eigenvalue weighted by molar-refractivity contribution is -0.157. The third-order valence-corrected chi connectivity index (χ3v) is 5.88. The fourth-order valence-corrected chi connectivity index (χ4v) is 4.43. The van der Waals surface area contributed by atoms with Gasteiger partial charge in [0.1, 0.15) is 6.04 Å². The molecule has 2 aliphatic rings. The van der Waals surface area contributed by atoms with Gasteiger partial charge in [0.2, 0.25) is 5.91 Å². The van der Waals surface area contributed by atoms with Crippen molar-refractivity contribution in [3.63, 3.8) is 0 Å². The van der Waals surface area contributed by atoms with Gasteiger partial charge in [-0.05, 0) is 63.3 Å². The highest BCUT2D eigenvalue weighted by Gasteiger charge is 2.36. The van der Waals surface area contributed by atoms with Gasteiger partial charge in [-0.15, -0.1) is 0 Å². The summed E-state index contributed by atoms with van der Waals surface area (Å²) in [5.74, 6) is 1.12. The number of amides is 1. The first-order chi connectivity index (χ1) is 14.1. The maximum atomic E-state index is 13.1. The van der Waals surface area contributed by atoms with E-state index in [2.05, 4.69) is 4.90 Å². The third kappa shape index (κ3) is 4.83. The summed E-state index contributed by atoms with van der Waals surface area (Å²) in [6.45, 7) is 3.93. The number of hydrogen-bond donors (Lipinski definition) is 0. The van der Waals surface area contributed by atoms with Crippen molar-refractivity contribution in [2.45, 2.75) is 51.1 Å². The second-order valence-corrected chi connectivity index (χ2v) is 7.59. The summed E-state index contributed by atoms with van der Waals surface area (Å²) in [5.41, 5.74) is 1.12. The zero-order valence-corrected chi connectivity index (χ0v) is 17.7. The quantitative estimate of drug-likeness (QED) is 0.651. The molecule has 0 N–H and O–H groups in total. The largest absolute Gasteiger partial charge is 0.493 e. The van der Waals surface area contributed by atoms with Crippen molar-refractivity contribution in [1.82, 2.24) is 9.80 Å². The molecular formula is C22H32N2O5. The molecular weight excluding hydrogens is 372 g/mol. The second kappa shape index (κ2) is 9.96. The van der Waals surface area contributed by atoms with E-state index in [1.807, 2.05) is 18.2 Å². The van der Waals surface area contributed by atoms with Crippen molar-refractivity contribution >= 4 is 11.9 Å². The van der Waals surface area contributed by atoms with Gasteiger partial charge in [0.15, 0.2) is 11.5 Å². The highest BCUT2D eigenvalue weighted by atomic mass is 16.5. The van der Waals surface area contributed by atoms with Crippen molar-refractivity contribution in [3.05, 3.63) is 23.8 Å². The number of likely N-dealkylation sites (tertiary alicyclic amines) is 2. The van der Waals surface area contributed by atoms with Crippen LogP contribution in [0.15, 0.2) is 18.2 Å². The summed E-state index contributed by atoms with van der Waals surface area (Å²) in [6.07, 6.45) is 4.59. The first-order valence-electron chi connectivity index (χ1n) is 10.5. The Bertz CT molecular complexity index is 723. The van der Waals surface area contributed by atoms with E-state index in [1.54, 1.807) is 26.0 Å². The normalized spacial score (nSPS) is 22.4. The number of rotatable bonds is 7. The lowest BCUT2D eigenvalue weighted by Crippen LogP contribution is -2.51. The molecule has 1 amide bonds. The number of esters is 1. The molecule has 0 unspecified atom stereocenters. The molecule has 2 atom stereocenters. The summed E-state index contributed by atoms with van der Waals surface area (Å²) in [4.78, 5) is 29.4.